The number of amides is 1. The number of para-hydroxylation sites is 1. The first-order valence-corrected chi connectivity index (χ1v) is 10.8. The highest BCUT2D eigenvalue weighted by molar-refractivity contribution is 7.98. The van der Waals surface area contributed by atoms with Gasteiger partial charge < -0.3 is 9.73 Å². The summed E-state index contributed by atoms with van der Waals surface area (Å²) in [5.41, 5.74) is 3.64. The number of nitrogens with one attached hydrogen (secondary N) is 1. The van der Waals surface area contributed by atoms with Gasteiger partial charge in [0.2, 0.25) is 11.8 Å². The fourth-order valence-electron chi connectivity index (χ4n) is 2.64. The second-order valence-corrected chi connectivity index (χ2v) is 8.17. The molecular formula is C21H18N4O2S2. The van der Waals surface area contributed by atoms with Crippen molar-refractivity contribution in [2.75, 3.05) is 5.32 Å². The van der Waals surface area contributed by atoms with Crippen molar-refractivity contribution < 1.29 is 9.21 Å². The second-order valence-electron chi connectivity index (χ2n) is 6.30. The Morgan fingerprint density at radius 2 is 1.90 bits per heavy atom. The molecule has 4 aromatic rings. The molecule has 146 valence electrons. The van der Waals surface area contributed by atoms with Crippen LogP contribution in [-0.2, 0) is 17.0 Å². The molecule has 2 aromatic carbocycles. The summed E-state index contributed by atoms with van der Waals surface area (Å²) in [4.78, 5) is 16.8. The average molecular weight is 423 g/mol. The summed E-state index contributed by atoms with van der Waals surface area (Å²) in [5, 5.41) is 14.3. The van der Waals surface area contributed by atoms with Gasteiger partial charge in [0.1, 0.15) is 5.01 Å². The number of carbonyl (C=O) groups excluding carboxylic acids is 1. The lowest BCUT2D eigenvalue weighted by molar-refractivity contribution is -0.115. The van der Waals surface area contributed by atoms with Gasteiger partial charge >= 0.3 is 0 Å². The Morgan fingerprint density at radius 1 is 1.10 bits per heavy atom. The zero-order valence-corrected chi connectivity index (χ0v) is 17.3. The Morgan fingerprint density at radius 3 is 2.72 bits per heavy atom. The fourth-order valence-corrected chi connectivity index (χ4v) is 4.20. The Kier molecular flexibility index (Phi) is 6.02. The molecule has 0 bridgehead atoms. The Hall–Kier alpha value is -2.97. The molecule has 2 aromatic heterocycles. The van der Waals surface area contributed by atoms with Gasteiger partial charge in [0.15, 0.2) is 0 Å². The molecule has 0 atom stereocenters. The van der Waals surface area contributed by atoms with Crippen LogP contribution in [0, 0.1) is 6.92 Å². The van der Waals surface area contributed by atoms with E-state index in [-0.39, 0.29) is 12.3 Å². The number of rotatable bonds is 7. The molecular weight excluding hydrogens is 404 g/mol. The average Bonchev–Trinajstić information content (AvgIpc) is 3.38. The summed E-state index contributed by atoms with van der Waals surface area (Å²) in [6.07, 6.45) is 0.252. The number of hydrogen-bond acceptors (Lipinski definition) is 7. The molecule has 4 rings (SSSR count). The van der Waals surface area contributed by atoms with Crippen LogP contribution in [0.2, 0.25) is 0 Å². The summed E-state index contributed by atoms with van der Waals surface area (Å²) in [6.45, 7) is 1.97. The van der Waals surface area contributed by atoms with E-state index < -0.39 is 0 Å². The number of hydrogen-bond donors (Lipinski definition) is 1. The molecule has 8 heteroatoms. The first-order valence-electron chi connectivity index (χ1n) is 8.98. The number of thioether (sulfide) groups is 1. The van der Waals surface area contributed by atoms with Crippen molar-refractivity contribution in [2.24, 2.45) is 0 Å². The van der Waals surface area contributed by atoms with E-state index in [9.17, 15) is 4.79 Å². The van der Waals surface area contributed by atoms with E-state index in [1.54, 1.807) is 0 Å². The Bertz CT molecular complexity index is 1110. The van der Waals surface area contributed by atoms with Crippen molar-refractivity contribution in [3.8, 4) is 11.5 Å². The molecule has 29 heavy (non-hydrogen) atoms. The van der Waals surface area contributed by atoms with Crippen LogP contribution >= 0.6 is 23.1 Å². The van der Waals surface area contributed by atoms with E-state index in [4.69, 9.17) is 4.42 Å². The number of aryl methyl sites for hydroxylation is 1. The highest BCUT2D eigenvalue weighted by Crippen LogP contribution is 2.26. The Labute approximate surface area is 176 Å². The van der Waals surface area contributed by atoms with Gasteiger partial charge in [-0.1, -0.05) is 48.2 Å². The van der Waals surface area contributed by atoms with Gasteiger partial charge in [0.25, 0.3) is 5.22 Å². The summed E-state index contributed by atoms with van der Waals surface area (Å²) >= 11 is 2.91. The maximum atomic E-state index is 12.3. The molecule has 0 radical (unpaired) electrons. The van der Waals surface area contributed by atoms with Crippen molar-refractivity contribution in [1.29, 1.82) is 0 Å². The maximum Gasteiger partial charge on any atom is 0.277 e. The standard InChI is InChI=1S/C21H18N4O2S2/c1-14-7-5-6-10-17(14)23-18(26)11-19-22-16(12-28-19)13-29-21-25-24-20(27-21)15-8-3-2-4-9-15/h2-10,12H,11,13H2,1H3,(H,23,26). The molecule has 2 heterocycles. The number of thiazole rings is 1. The number of nitrogens with zero attached hydrogens (tertiary/aromatic N) is 3. The summed E-state index contributed by atoms with van der Waals surface area (Å²) < 4.78 is 5.69. The minimum Gasteiger partial charge on any atom is -0.411 e. The first kappa shape index (κ1) is 19.4. The summed E-state index contributed by atoms with van der Waals surface area (Å²) in [7, 11) is 0. The number of benzene rings is 2. The highest BCUT2D eigenvalue weighted by Gasteiger charge is 2.12. The van der Waals surface area contributed by atoms with E-state index >= 15 is 0 Å². The fraction of sp³-hybridized carbons (Fsp3) is 0.143. The molecule has 1 N–H and O–H groups in total. The zero-order valence-electron chi connectivity index (χ0n) is 15.7. The van der Waals surface area contributed by atoms with E-state index in [1.165, 1.54) is 23.1 Å². The lowest BCUT2D eigenvalue weighted by Gasteiger charge is -2.06. The monoisotopic (exact) mass is 422 g/mol. The molecule has 0 aliphatic carbocycles. The molecule has 0 saturated heterocycles. The Balaban J connectivity index is 1.31. The third-order valence-corrected chi connectivity index (χ3v) is 5.85. The normalized spacial score (nSPS) is 10.8. The molecule has 0 aliphatic heterocycles. The highest BCUT2D eigenvalue weighted by atomic mass is 32.2. The minimum absolute atomic E-state index is 0.0720. The van der Waals surface area contributed by atoms with Gasteiger partial charge in [-0.05, 0) is 30.7 Å². The van der Waals surface area contributed by atoms with Crippen molar-refractivity contribution in [3.63, 3.8) is 0 Å². The lowest BCUT2D eigenvalue weighted by Crippen LogP contribution is -2.15. The van der Waals surface area contributed by atoms with Crippen molar-refractivity contribution >= 4 is 34.7 Å². The van der Waals surface area contributed by atoms with E-state index in [0.29, 0.717) is 16.9 Å². The van der Waals surface area contributed by atoms with Gasteiger partial charge in [-0.15, -0.1) is 21.5 Å². The predicted molar refractivity (Wildman–Crippen MR) is 115 cm³/mol. The largest absolute Gasteiger partial charge is 0.411 e. The molecule has 0 fully saturated rings. The van der Waals surface area contributed by atoms with Crippen molar-refractivity contribution in [1.82, 2.24) is 15.2 Å². The molecule has 0 unspecified atom stereocenters. The van der Waals surface area contributed by atoms with Crippen LogP contribution in [0.25, 0.3) is 11.5 Å². The minimum atomic E-state index is -0.0720. The van der Waals surface area contributed by atoms with Crippen LogP contribution < -0.4 is 5.32 Å². The van der Waals surface area contributed by atoms with Crippen LogP contribution in [0.4, 0.5) is 5.69 Å². The van der Waals surface area contributed by atoms with Crippen LogP contribution in [0.5, 0.6) is 0 Å². The van der Waals surface area contributed by atoms with Crippen LogP contribution in [0.15, 0.2) is 69.6 Å². The molecule has 1 amide bonds. The molecule has 0 saturated carbocycles. The van der Waals surface area contributed by atoms with E-state index in [2.05, 4.69) is 20.5 Å². The third kappa shape index (κ3) is 5.10. The van der Waals surface area contributed by atoms with Crippen molar-refractivity contribution in [2.45, 2.75) is 24.3 Å². The van der Waals surface area contributed by atoms with Crippen molar-refractivity contribution in [3.05, 3.63) is 76.2 Å². The number of anilines is 1. The van der Waals surface area contributed by atoms with Gasteiger partial charge in [-0.2, -0.15) is 0 Å². The van der Waals surface area contributed by atoms with Crippen LogP contribution in [-0.4, -0.2) is 21.1 Å². The second kappa shape index (κ2) is 9.02. The molecule has 0 aliphatic rings. The van der Waals surface area contributed by atoms with E-state index in [1.807, 2.05) is 66.9 Å². The maximum absolute atomic E-state index is 12.3. The topological polar surface area (TPSA) is 80.9 Å². The van der Waals surface area contributed by atoms with Crippen LogP contribution in [0.3, 0.4) is 0 Å². The predicted octanol–water partition coefficient (Wildman–Crippen LogP) is 4.98. The van der Waals surface area contributed by atoms with Gasteiger partial charge in [0, 0.05) is 22.4 Å². The number of carbonyl (C=O) groups is 1. The quantitative estimate of drug-likeness (QED) is 0.423. The third-order valence-electron chi connectivity index (χ3n) is 4.10. The van der Waals surface area contributed by atoms with Gasteiger partial charge in [-0.3, -0.25) is 4.79 Å². The SMILES string of the molecule is Cc1ccccc1NC(=O)Cc1nc(CSc2nnc(-c3ccccc3)o2)cs1. The lowest BCUT2D eigenvalue weighted by atomic mass is 10.2. The van der Waals surface area contributed by atoms with Gasteiger partial charge in [0.05, 0.1) is 12.1 Å². The first-order chi connectivity index (χ1) is 14.2. The number of aromatic nitrogens is 3. The zero-order chi connectivity index (χ0) is 20.1. The van der Waals surface area contributed by atoms with Crippen LogP contribution in [0.1, 0.15) is 16.3 Å². The molecule has 6 nitrogen and oxygen atoms in total. The van der Waals surface area contributed by atoms with Gasteiger partial charge in [-0.25, -0.2) is 4.98 Å². The molecule has 0 spiro atoms. The smallest absolute Gasteiger partial charge is 0.277 e. The van der Waals surface area contributed by atoms with E-state index in [0.717, 1.165) is 27.5 Å². The summed E-state index contributed by atoms with van der Waals surface area (Å²) in [5.74, 6) is 1.03. The summed E-state index contributed by atoms with van der Waals surface area (Å²) in [6, 6.07) is 17.4.